The van der Waals surface area contributed by atoms with Crippen LogP contribution in [0.5, 0.6) is 0 Å². The van der Waals surface area contributed by atoms with Gasteiger partial charge in [-0.05, 0) is 49.6 Å². The van der Waals surface area contributed by atoms with Crippen LogP contribution in [0.25, 0.3) is 0 Å². The number of aryl methyl sites for hydroxylation is 1. The molecule has 0 radical (unpaired) electrons. The maximum atomic E-state index is 3.59. The second kappa shape index (κ2) is 5.77. The summed E-state index contributed by atoms with van der Waals surface area (Å²) in [5.74, 6) is 1.33. The van der Waals surface area contributed by atoms with Gasteiger partial charge in [0, 0.05) is 22.3 Å². The fraction of sp³-hybridized carbons (Fsp3) is 0.571. The van der Waals surface area contributed by atoms with E-state index in [-0.39, 0.29) is 0 Å². The molecular weight excluding hydrogens is 294 g/mol. The lowest BCUT2D eigenvalue weighted by molar-refractivity contribution is 0.537. The molecule has 1 heterocycles. The van der Waals surface area contributed by atoms with Crippen molar-refractivity contribution in [2.24, 2.45) is 0 Å². The van der Waals surface area contributed by atoms with Gasteiger partial charge < -0.3 is 5.32 Å². The third-order valence-electron chi connectivity index (χ3n) is 3.36. The summed E-state index contributed by atoms with van der Waals surface area (Å²) in [5.41, 5.74) is 2.65. The average molecular weight is 314 g/mol. The zero-order chi connectivity index (χ0) is 12.3. The molecule has 94 valence electrons. The molecule has 1 aliphatic rings. The van der Waals surface area contributed by atoms with E-state index in [1.807, 2.05) is 0 Å². The maximum Gasteiger partial charge on any atom is 0.0256 e. The van der Waals surface area contributed by atoms with Crippen molar-refractivity contribution in [3.8, 4) is 0 Å². The van der Waals surface area contributed by atoms with Crippen LogP contribution in [0, 0.1) is 6.92 Å². The van der Waals surface area contributed by atoms with Gasteiger partial charge in [0.25, 0.3) is 0 Å². The first-order valence-corrected chi connectivity index (χ1v) is 7.97. The highest BCUT2D eigenvalue weighted by Gasteiger charge is 2.28. The van der Waals surface area contributed by atoms with Crippen molar-refractivity contribution < 1.29 is 0 Å². The van der Waals surface area contributed by atoms with E-state index in [4.69, 9.17) is 0 Å². The highest BCUT2D eigenvalue weighted by molar-refractivity contribution is 9.10. The van der Waals surface area contributed by atoms with E-state index < -0.39 is 0 Å². The Balaban J connectivity index is 1.83. The molecule has 0 aliphatic carbocycles. The molecule has 0 spiro atoms. The lowest BCUT2D eigenvalue weighted by atomic mass is 10.1. The maximum absolute atomic E-state index is 3.59. The summed E-state index contributed by atoms with van der Waals surface area (Å²) >= 11 is 5.70. The van der Waals surface area contributed by atoms with Crippen molar-refractivity contribution in [2.45, 2.75) is 38.0 Å². The minimum Gasteiger partial charge on any atom is -0.311 e. The zero-order valence-electron chi connectivity index (χ0n) is 10.6. The first-order chi connectivity index (χ1) is 8.09. The Bertz CT molecular complexity index is 386. The lowest BCUT2D eigenvalue weighted by Crippen LogP contribution is -2.32. The van der Waals surface area contributed by atoms with Crippen LogP contribution in [0.1, 0.15) is 30.9 Å². The summed E-state index contributed by atoms with van der Waals surface area (Å²) in [7, 11) is 0. The number of rotatable bonds is 4. The van der Waals surface area contributed by atoms with Gasteiger partial charge in [-0.25, -0.2) is 0 Å². The van der Waals surface area contributed by atoms with Crippen molar-refractivity contribution in [2.75, 3.05) is 12.3 Å². The molecule has 1 atom stereocenters. The molecule has 1 nitrogen and oxygen atoms in total. The van der Waals surface area contributed by atoms with Crippen LogP contribution < -0.4 is 5.32 Å². The topological polar surface area (TPSA) is 12.0 Å². The number of hydrogen-bond acceptors (Lipinski definition) is 2. The lowest BCUT2D eigenvalue weighted by Gasteiger charge is -2.23. The highest BCUT2D eigenvalue weighted by atomic mass is 79.9. The number of thioether (sulfide) groups is 1. The number of benzene rings is 1. The SMILES string of the molecule is Cc1ccc(CNCC2(C)CCCS2)cc1Br. The summed E-state index contributed by atoms with van der Waals surface area (Å²) < 4.78 is 1.67. The predicted molar refractivity (Wildman–Crippen MR) is 80.7 cm³/mol. The minimum absolute atomic E-state index is 0.460. The van der Waals surface area contributed by atoms with E-state index in [1.54, 1.807) is 0 Å². The molecule has 17 heavy (non-hydrogen) atoms. The average Bonchev–Trinajstić information content (AvgIpc) is 2.71. The highest BCUT2D eigenvalue weighted by Crippen LogP contribution is 2.36. The Hall–Kier alpha value is 0.01000. The molecule has 1 aromatic carbocycles. The van der Waals surface area contributed by atoms with Crippen LogP contribution in [-0.2, 0) is 6.54 Å². The van der Waals surface area contributed by atoms with Crippen molar-refractivity contribution in [1.29, 1.82) is 0 Å². The van der Waals surface area contributed by atoms with E-state index in [0.29, 0.717) is 4.75 Å². The second-order valence-corrected chi connectivity index (χ2v) is 7.63. The quantitative estimate of drug-likeness (QED) is 0.897. The van der Waals surface area contributed by atoms with Gasteiger partial charge in [-0.15, -0.1) is 0 Å². The molecular formula is C14H20BrNS. The largest absolute Gasteiger partial charge is 0.311 e. The third-order valence-corrected chi connectivity index (χ3v) is 5.76. The van der Waals surface area contributed by atoms with E-state index in [0.717, 1.165) is 13.1 Å². The van der Waals surface area contributed by atoms with E-state index in [1.165, 1.54) is 34.2 Å². The fourth-order valence-electron chi connectivity index (χ4n) is 2.19. The van der Waals surface area contributed by atoms with Crippen molar-refractivity contribution in [1.82, 2.24) is 5.32 Å². The summed E-state index contributed by atoms with van der Waals surface area (Å²) in [4.78, 5) is 0. The molecule has 1 saturated heterocycles. The standard InChI is InChI=1S/C14H20BrNS/c1-11-4-5-12(8-13(11)15)9-16-10-14(2)6-3-7-17-14/h4-5,8,16H,3,6-7,9-10H2,1-2H3. The van der Waals surface area contributed by atoms with Crippen LogP contribution in [-0.4, -0.2) is 17.0 Å². The number of nitrogens with one attached hydrogen (secondary N) is 1. The molecule has 2 rings (SSSR count). The van der Waals surface area contributed by atoms with Crippen LogP contribution in [0.4, 0.5) is 0 Å². The van der Waals surface area contributed by atoms with E-state index in [9.17, 15) is 0 Å². The molecule has 1 unspecified atom stereocenters. The predicted octanol–water partition coefficient (Wildman–Crippen LogP) is 4.13. The van der Waals surface area contributed by atoms with Gasteiger partial charge in [0.05, 0.1) is 0 Å². The van der Waals surface area contributed by atoms with Gasteiger partial charge >= 0.3 is 0 Å². The normalized spacial score (nSPS) is 24.2. The van der Waals surface area contributed by atoms with Gasteiger partial charge in [0.1, 0.15) is 0 Å². The Morgan fingerprint density at radius 1 is 1.47 bits per heavy atom. The minimum atomic E-state index is 0.460. The van der Waals surface area contributed by atoms with Crippen molar-refractivity contribution in [3.05, 3.63) is 33.8 Å². The van der Waals surface area contributed by atoms with Crippen molar-refractivity contribution in [3.63, 3.8) is 0 Å². The Morgan fingerprint density at radius 3 is 2.94 bits per heavy atom. The zero-order valence-corrected chi connectivity index (χ0v) is 13.0. The summed E-state index contributed by atoms with van der Waals surface area (Å²) in [6, 6.07) is 6.59. The van der Waals surface area contributed by atoms with Gasteiger partial charge in [-0.3, -0.25) is 0 Å². The molecule has 3 heteroatoms. The smallest absolute Gasteiger partial charge is 0.0256 e. The molecule has 0 amide bonds. The molecule has 0 aromatic heterocycles. The van der Waals surface area contributed by atoms with Crippen LogP contribution in [0.15, 0.2) is 22.7 Å². The first-order valence-electron chi connectivity index (χ1n) is 6.19. The van der Waals surface area contributed by atoms with Gasteiger partial charge in [0.15, 0.2) is 0 Å². The molecule has 0 bridgehead atoms. The monoisotopic (exact) mass is 313 g/mol. The Labute approximate surface area is 117 Å². The van der Waals surface area contributed by atoms with E-state index >= 15 is 0 Å². The Kier molecular flexibility index (Phi) is 4.56. The van der Waals surface area contributed by atoms with Gasteiger partial charge in [-0.2, -0.15) is 11.8 Å². The van der Waals surface area contributed by atoms with Crippen LogP contribution in [0.3, 0.4) is 0 Å². The molecule has 0 saturated carbocycles. The van der Waals surface area contributed by atoms with Crippen LogP contribution in [0.2, 0.25) is 0 Å². The summed E-state index contributed by atoms with van der Waals surface area (Å²) in [6.07, 6.45) is 2.72. The molecule has 1 aromatic rings. The summed E-state index contributed by atoms with van der Waals surface area (Å²) in [6.45, 7) is 6.58. The van der Waals surface area contributed by atoms with Gasteiger partial charge in [0.2, 0.25) is 0 Å². The molecule has 1 N–H and O–H groups in total. The first kappa shape index (κ1) is 13.4. The van der Waals surface area contributed by atoms with Crippen molar-refractivity contribution >= 4 is 27.7 Å². The number of hydrogen-bond donors (Lipinski definition) is 1. The molecule has 1 fully saturated rings. The van der Waals surface area contributed by atoms with Gasteiger partial charge in [-0.1, -0.05) is 28.1 Å². The Morgan fingerprint density at radius 2 is 2.29 bits per heavy atom. The molecule has 1 aliphatic heterocycles. The summed E-state index contributed by atoms with van der Waals surface area (Å²) in [5, 5.41) is 3.59. The second-order valence-electron chi connectivity index (χ2n) is 5.09. The van der Waals surface area contributed by atoms with E-state index in [2.05, 4.69) is 65.1 Å². The van der Waals surface area contributed by atoms with Crippen LogP contribution >= 0.6 is 27.7 Å². The third kappa shape index (κ3) is 3.73. The number of halogens is 1. The fourth-order valence-corrected chi connectivity index (χ4v) is 3.89.